The highest BCUT2D eigenvalue weighted by atomic mass is 15.2. The van der Waals surface area contributed by atoms with E-state index in [9.17, 15) is 0 Å². The van der Waals surface area contributed by atoms with Crippen molar-refractivity contribution in [1.82, 2.24) is 9.97 Å². The van der Waals surface area contributed by atoms with Crippen LogP contribution < -0.4 is 10.2 Å². The molecule has 1 aromatic rings. The van der Waals surface area contributed by atoms with Crippen molar-refractivity contribution in [2.75, 3.05) is 23.8 Å². The van der Waals surface area contributed by atoms with E-state index in [1.165, 1.54) is 12.8 Å². The van der Waals surface area contributed by atoms with E-state index in [2.05, 4.69) is 40.1 Å². The number of rotatable bonds is 2. The molecule has 0 aliphatic carbocycles. The summed E-state index contributed by atoms with van der Waals surface area (Å²) in [4.78, 5) is 11.3. The van der Waals surface area contributed by atoms with Crippen LogP contribution in [0.5, 0.6) is 0 Å². The van der Waals surface area contributed by atoms with Crippen molar-refractivity contribution in [3.63, 3.8) is 0 Å². The highest BCUT2D eigenvalue weighted by molar-refractivity contribution is 5.45. The number of hydrogen-bond acceptors (Lipinski definition) is 4. The van der Waals surface area contributed by atoms with Crippen LogP contribution in [0.3, 0.4) is 0 Å². The van der Waals surface area contributed by atoms with Gasteiger partial charge in [-0.05, 0) is 32.6 Å². The molecule has 1 aliphatic heterocycles. The Bertz CT molecular complexity index is 391. The van der Waals surface area contributed by atoms with Gasteiger partial charge in [0.05, 0.1) is 0 Å². The fourth-order valence-electron chi connectivity index (χ4n) is 2.42. The molecule has 0 amide bonds. The van der Waals surface area contributed by atoms with Crippen molar-refractivity contribution >= 4 is 11.8 Å². The Morgan fingerprint density at radius 2 is 2.06 bits per heavy atom. The lowest BCUT2D eigenvalue weighted by Gasteiger charge is -2.37. The van der Waals surface area contributed by atoms with Gasteiger partial charge in [-0.3, -0.25) is 0 Å². The van der Waals surface area contributed by atoms with Crippen LogP contribution in [0.2, 0.25) is 0 Å². The summed E-state index contributed by atoms with van der Waals surface area (Å²) in [7, 11) is 1.86. The third-order valence-electron chi connectivity index (χ3n) is 3.48. The van der Waals surface area contributed by atoms with Gasteiger partial charge in [0.1, 0.15) is 5.82 Å². The first kappa shape index (κ1) is 12.1. The molecule has 2 unspecified atom stereocenters. The van der Waals surface area contributed by atoms with Gasteiger partial charge in [-0.1, -0.05) is 6.92 Å². The van der Waals surface area contributed by atoms with E-state index in [1.807, 2.05) is 14.0 Å². The number of aryl methyl sites for hydroxylation is 1. The van der Waals surface area contributed by atoms with Crippen LogP contribution in [0.4, 0.5) is 11.8 Å². The Hall–Kier alpha value is -1.32. The smallest absolute Gasteiger partial charge is 0.224 e. The number of nitrogens with one attached hydrogen (secondary N) is 1. The molecule has 0 radical (unpaired) electrons. The minimum Gasteiger partial charge on any atom is -0.357 e. The van der Waals surface area contributed by atoms with E-state index in [4.69, 9.17) is 0 Å². The zero-order valence-electron chi connectivity index (χ0n) is 11.2. The predicted octanol–water partition coefficient (Wildman–Crippen LogP) is 2.45. The number of anilines is 2. The molecule has 4 heteroatoms. The summed E-state index contributed by atoms with van der Waals surface area (Å²) in [5.41, 5.74) is 1.02. The fraction of sp³-hybridized carbons (Fsp3) is 0.692. The van der Waals surface area contributed by atoms with Crippen LogP contribution in [0.1, 0.15) is 32.4 Å². The monoisotopic (exact) mass is 234 g/mol. The quantitative estimate of drug-likeness (QED) is 0.853. The molecule has 0 saturated carbocycles. The van der Waals surface area contributed by atoms with Crippen molar-refractivity contribution in [2.24, 2.45) is 5.92 Å². The molecule has 1 fully saturated rings. The van der Waals surface area contributed by atoms with Crippen LogP contribution in [0.25, 0.3) is 0 Å². The minimum atomic E-state index is 0.574. The average molecular weight is 234 g/mol. The lowest BCUT2D eigenvalue weighted by molar-refractivity contribution is 0.388. The summed E-state index contributed by atoms with van der Waals surface area (Å²) in [5, 5.41) is 3.02. The molecule has 1 aromatic heterocycles. The SMILES string of the molecule is CNc1nc(C)cc(N2CC(C)CCC2C)n1. The molecule has 17 heavy (non-hydrogen) atoms. The molecule has 0 bridgehead atoms. The molecule has 1 saturated heterocycles. The third-order valence-corrected chi connectivity index (χ3v) is 3.48. The van der Waals surface area contributed by atoms with Gasteiger partial charge in [0.25, 0.3) is 0 Å². The summed E-state index contributed by atoms with van der Waals surface area (Å²) in [6, 6.07) is 2.65. The van der Waals surface area contributed by atoms with Gasteiger partial charge in [-0.15, -0.1) is 0 Å². The molecule has 2 heterocycles. The van der Waals surface area contributed by atoms with Gasteiger partial charge in [0, 0.05) is 31.4 Å². The van der Waals surface area contributed by atoms with E-state index in [1.54, 1.807) is 0 Å². The third kappa shape index (κ3) is 2.68. The summed E-state index contributed by atoms with van der Waals surface area (Å²) < 4.78 is 0. The van der Waals surface area contributed by atoms with E-state index in [-0.39, 0.29) is 0 Å². The number of hydrogen-bond donors (Lipinski definition) is 1. The van der Waals surface area contributed by atoms with Crippen LogP contribution >= 0.6 is 0 Å². The summed E-state index contributed by atoms with van der Waals surface area (Å²) in [6.07, 6.45) is 2.57. The van der Waals surface area contributed by atoms with Gasteiger partial charge < -0.3 is 10.2 Å². The topological polar surface area (TPSA) is 41.1 Å². The molecule has 2 atom stereocenters. The fourth-order valence-corrected chi connectivity index (χ4v) is 2.42. The van der Waals surface area contributed by atoms with Crippen molar-refractivity contribution in [3.8, 4) is 0 Å². The van der Waals surface area contributed by atoms with Crippen LogP contribution in [0.15, 0.2) is 6.07 Å². The van der Waals surface area contributed by atoms with E-state index < -0.39 is 0 Å². The maximum Gasteiger partial charge on any atom is 0.224 e. The van der Waals surface area contributed by atoms with Crippen molar-refractivity contribution in [2.45, 2.75) is 39.7 Å². The lowest BCUT2D eigenvalue weighted by Crippen LogP contribution is -2.41. The molecule has 1 N–H and O–H groups in total. The zero-order chi connectivity index (χ0) is 12.4. The molecular formula is C13H22N4. The Kier molecular flexibility index (Phi) is 3.50. The van der Waals surface area contributed by atoms with Crippen LogP contribution in [-0.4, -0.2) is 29.6 Å². The number of nitrogens with zero attached hydrogens (tertiary/aromatic N) is 3. The Labute approximate surface area is 103 Å². The number of aromatic nitrogens is 2. The van der Waals surface area contributed by atoms with Gasteiger partial charge in [-0.2, -0.15) is 4.98 Å². The highest BCUT2D eigenvalue weighted by Gasteiger charge is 2.24. The number of piperidine rings is 1. The van der Waals surface area contributed by atoms with E-state index in [0.717, 1.165) is 24.0 Å². The predicted molar refractivity (Wildman–Crippen MR) is 71.5 cm³/mol. The minimum absolute atomic E-state index is 0.574. The normalized spacial score (nSPS) is 24.8. The Balaban J connectivity index is 2.28. The van der Waals surface area contributed by atoms with Gasteiger partial charge in [0.2, 0.25) is 5.95 Å². The highest BCUT2D eigenvalue weighted by Crippen LogP contribution is 2.26. The second-order valence-electron chi connectivity index (χ2n) is 5.13. The van der Waals surface area contributed by atoms with Gasteiger partial charge in [-0.25, -0.2) is 4.98 Å². The first-order valence-electron chi connectivity index (χ1n) is 6.40. The maximum atomic E-state index is 4.56. The summed E-state index contributed by atoms with van der Waals surface area (Å²) >= 11 is 0. The molecule has 4 nitrogen and oxygen atoms in total. The van der Waals surface area contributed by atoms with Crippen molar-refractivity contribution < 1.29 is 0 Å². The Morgan fingerprint density at radius 1 is 1.29 bits per heavy atom. The second-order valence-corrected chi connectivity index (χ2v) is 5.13. The molecule has 94 valence electrons. The van der Waals surface area contributed by atoms with Crippen LogP contribution in [0, 0.1) is 12.8 Å². The molecule has 0 aromatic carbocycles. The maximum absolute atomic E-state index is 4.56. The van der Waals surface area contributed by atoms with Gasteiger partial charge >= 0.3 is 0 Å². The zero-order valence-corrected chi connectivity index (χ0v) is 11.2. The average Bonchev–Trinajstić information content (AvgIpc) is 2.31. The first-order valence-corrected chi connectivity index (χ1v) is 6.40. The standard InChI is InChI=1S/C13H22N4/c1-9-5-6-11(3)17(8-9)12-7-10(2)15-13(14-4)16-12/h7,9,11H,5-6,8H2,1-4H3,(H,14,15,16). The first-order chi connectivity index (χ1) is 8.10. The summed E-state index contributed by atoms with van der Waals surface area (Å²) in [5.74, 6) is 2.52. The van der Waals surface area contributed by atoms with Crippen molar-refractivity contribution in [1.29, 1.82) is 0 Å². The van der Waals surface area contributed by atoms with Crippen molar-refractivity contribution in [3.05, 3.63) is 11.8 Å². The molecule has 1 aliphatic rings. The second kappa shape index (κ2) is 4.90. The lowest BCUT2D eigenvalue weighted by atomic mass is 9.95. The largest absolute Gasteiger partial charge is 0.357 e. The van der Waals surface area contributed by atoms with Crippen LogP contribution in [-0.2, 0) is 0 Å². The summed E-state index contributed by atoms with van der Waals surface area (Å²) in [6.45, 7) is 7.71. The van der Waals surface area contributed by atoms with E-state index in [0.29, 0.717) is 12.0 Å². The van der Waals surface area contributed by atoms with Gasteiger partial charge in [0.15, 0.2) is 0 Å². The molecule has 0 spiro atoms. The molecular weight excluding hydrogens is 212 g/mol. The Morgan fingerprint density at radius 3 is 2.76 bits per heavy atom. The molecule has 2 rings (SSSR count). The van der Waals surface area contributed by atoms with E-state index >= 15 is 0 Å².